The van der Waals surface area contributed by atoms with Gasteiger partial charge in [0.15, 0.2) is 0 Å². The van der Waals surface area contributed by atoms with Gasteiger partial charge in [0.05, 0.1) is 11.6 Å². The molecule has 0 bridgehead atoms. The lowest BCUT2D eigenvalue weighted by molar-refractivity contribution is 0.689. The van der Waals surface area contributed by atoms with E-state index in [1.807, 2.05) is 25.4 Å². The molecule has 1 unspecified atom stereocenters. The van der Waals surface area contributed by atoms with Crippen LogP contribution < -0.4 is 5.32 Å². The predicted molar refractivity (Wildman–Crippen MR) is 88.6 cm³/mol. The maximum atomic E-state index is 4.58. The van der Waals surface area contributed by atoms with E-state index >= 15 is 0 Å². The average Bonchev–Trinajstić information content (AvgIpc) is 2.51. The first kappa shape index (κ1) is 13.8. The molecule has 1 heterocycles. The molecule has 0 aliphatic heterocycles. The highest BCUT2D eigenvalue weighted by Crippen LogP contribution is 2.25. The van der Waals surface area contributed by atoms with Crippen LogP contribution in [0, 0.1) is 13.8 Å². The number of pyridine rings is 1. The minimum atomic E-state index is 0.168. The van der Waals surface area contributed by atoms with Crippen LogP contribution in [0.1, 0.15) is 28.3 Å². The summed E-state index contributed by atoms with van der Waals surface area (Å²) in [5, 5.41) is 4.59. The molecule has 1 atom stereocenters. The van der Waals surface area contributed by atoms with Crippen molar-refractivity contribution < 1.29 is 0 Å². The molecule has 2 nitrogen and oxygen atoms in total. The summed E-state index contributed by atoms with van der Waals surface area (Å²) in [7, 11) is 2.00. The number of aryl methyl sites for hydroxylation is 2. The Morgan fingerprint density at radius 3 is 2.48 bits per heavy atom. The van der Waals surface area contributed by atoms with E-state index in [-0.39, 0.29) is 6.04 Å². The van der Waals surface area contributed by atoms with Gasteiger partial charge in [-0.3, -0.25) is 4.98 Å². The van der Waals surface area contributed by atoms with Crippen LogP contribution in [0.3, 0.4) is 0 Å². The number of benzene rings is 2. The summed E-state index contributed by atoms with van der Waals surface area (Å²) < 4.78 is 0. The SMILES string of the molecule is CNC(c1ccc(C)c(C)c1)c1cnc2ccccc2c1. The molecule has 0 spiro atoms. The van der Waals surface area contributed by atoms with Crippen molar-refractivity contribution in [3.05, 3.63) is 77.0 Å². The largest absolute Gasteiger partial charge is 0.309 e. The first-order chi connectivity index (χ1) is 10.2. The molecule has 0 fully saturated rings. The van der Waals surface area contributed by atoms with Gasteiger partial charge in [0.25, 0.3) is 0 Å². The number of fused-ring (bicyclic) bond motifs is 1. The van der Waals surface area contributed by atoms with Crippen molar-refractivity contribution in [1.29, 1.82) is 0 Å². The van der Waals surface area contributed by atoms with E-state index in [9.17, 15) is 0 Å². The smallest absolute Gasteiger partial charge is 0.0702 e. The van der Waals surface area contributed by atoms with Gasteiger partial charge >= 0.3 is 0 Å². The number of rotatable bonds is 3. The first-order valence-corrected chi connectivity index (χ1v) is 7.28. The lowest BCUT2D eigenvalue weighted by Crippen LogP contribution is -2.18. The van der Waals surface area contributed by atoms with Crippen LogP contribution in [0.4, 0.5) is 0 Å². The maximum absolute atomic E-state index is 4.58. The van der Waals surface area contributed by atoms with Gasteiger partial charge in [0.2, 0.25) is 0 Å². The highest BCUT2D eigenvalue weighted by molar-refractivity contribution is 5.79. The van der Waals surface area contributed by atoms with Crippen LogP contribution in [0.2, 0.25) is 0 Å². The Hall–Kier alpha value is -2.19. The fraction of sp³-hybridized carbons (Fsp3) is 0.211. The quantitative estimate of drug-likeness (QED) is 0.777. The minimum Gasteiger partial charge on any atom is -0.309 e. The van der Waals surface area contributed by atoms with Crippen molar-refractivity contribution >= 4 is 10.9 Å². The second-order valence-electron chi connectivity index (χ2n) is 5.53. The summed E-state index contributed by atoms with van der Waals surface area (Å²) in [4.78, 5) is 4.58. The van der Waals surface area contributed by atoms with Gasteiger partial charge < -0.3 is 5.32 Å². The topological polar surface area (TPSA) is 24.9 Å². The Labute approximate surface area is 125 Å². The fourth-order valence-electron chi connectivity index (χ4n) is 2.72. The fourth-order valence-corrected chi connectivity index (χ4v) is 2.72. The molecule has 3 rings (SSSR count). The molecular weight excluding hydrogens is 256 g/mol. The number of hydrogen-bond donors (Lipinski definition) is 1. The lowest BCUT2D eigenvalue weighted by atomic mass is 9.96. The normalized spacial score (nSPS) is 12.5. The van der Waals surface area contributed by atoms with E-state index in [4.69, 9.17) is 0 Å². The number of nitrogens with zero attached hydrogens (tertiary/aromatic N) is 1. The zero-order valence-electron chi connectivity index (χ0n) is 12.7. The molecule has 0 aliphatic rings. The van der Waals surface area contributed by atoms with Gasteiger partial charge in [-0.05, 0) is 55.3 Å². The molecule has 1 N–H and O–H groups in total. The van der Waals surface area contributed by atoms with Crippen LogP contribution in [0.25, 0.3) is 10.9 Å². The molecule has 0 amide bonds. The van der Waals surface area contributed by atoms with Crippen LogP contribution in [-0.4, -0.2) is 12.0 Å². The van der Waals surface area contributed by atoms with Gasteiger partial charge in [-0.1, -0.05) is 36.4 Å². The Balaban J connectivity index is 2.06. The van der Waals surface area contributed by atoms with E-state index in [0.717, 1.165) is 5.52 Å². The zero-order chi connectivity index (χ0) is 14.8. The molecule has 0 radical (unpaired) electrons. The molecule has 106 valence electrons. The number of aromatic nitrogens is 1. The van der Waals surface area contributed by atoms with Crippen molar-refractivity contribution in [3.8, 4) is 0 Å². The van der Waals surface area contributed by atoms with Crippen LogP contribution >= 0.6 is 0 Å². The Morgan fingerprint density at radius 2 is 1.71 bits per heavy atom. The predicted octanol–water partition coefficient (Wildman–Crippen LogP) is 4.16. The van der Waals surface area contributed by atoms with Crippen LogP contribution in [0.15, 0.2) is 54.7 Å². The number of nitrogens with one attached hydrogen (secondary N) is 1. The molecular formula is C19H20N2. The van der Waals surface area contributed by atoms with Crippen molar-refractivity contribution in [2.75, 3.05) is 7.05 Å². The number of para-hydroxylation sites is 1. The average molecular weight is 276 g/mol. The minimum absolute atomic E-state index is 0.168. The van der Waals surface area contributed by atoms with Crippen molar-refractivity contribution in [2.45, 2.75) is 19.9 Å². The summed E-state index contributed by atoms with van der Waals surface area (Å²) in [5.41, 5.74) is 6.15. The van der Waals surface area contributed by atoms with Crippen LogP contribution in [-0.2, 0) is 0 Å². The van der Waals surface area contributed by atoms with E-state index in [1.165, 1.54) is 27.6 Å². The summed E-state index contributed by atoms with van der Waals surface area (Å²) >= 11 is 0. The molecule has 2 heteroatoms. The van der Waals surface area contributed by atoms with Crippen molar-refractivity contribution in [3.63, 3.8) is 0 Å². The van der Waals surface area contributed by atoms with Gasteiger partial charge in [-0.25, -0.2) is 0 Å². The lowest BCUT2D eigenvalue weighted by Gasteiger charge is -2.18. The van der Waals surface area contributed by atoms with Gasteiger partial charge in [0.1, 0.15) is 0 Å². The third-order valence-electron chi connectivity index (χ3n) is 4.10. The van der Waals surface area contributed by atoms with E-state index < -0.39 is 0 Å². The zero-order valence-corrected chi connectivity index (χ0v) is 12.7. The molecule has 3 aromatic rings. The van der Waals surface area contributed by atoms with Crippen LogP contribution in [0.5, 0.6) is 0 Å². The van der Waals surface area contributed by atoms with E-state index in [0.29, 0.717) is 0 Å². The summed E-state index contributed by atoms with van der Waals surface area (Å²) in [6.07, 6.45) is 1.97. The summed E-state index contributed by atoms with van der Waals surface area (Å²) in [5.74, 6) is 0. The van der Waals surface area contributed by atoms with Gasteiger partial charge in [-0.15, -0.1) is 0 Å². The maximum Gasteiger partial charge on any atom is 0.0702 e. The Kier molecular flexibility index (Phi) is 3.72. The highest BCUT2D eigenvalue weighted by atomic mass is 14.9. The Morgan fingerprint density at radius 1 is 0.905 bits per heavy atom. The molecule has 2 aromatic carbocycles. The monoisotopic (exact) mass is 276 g/mol. The van der Waals surface area contributed by atoms with E-state index in [1.54, 1.807) is 0 Å². The summed E-state index contributed by atoms with van der Waals surface area (Å²) in [6, 6.07) is 17.3. The molecule has 21 heavy (non-hydrogen) atoms. The third-order valence-corrected chi connectivity index (χ3v) is 4.10. The Bertz CT molecular complexity index is 777. The molecule has 0 aliphatic carbocycles. The summed E-state index contributed by atoms with van der Waals surface area (Å²) in [6.45, 7) is 4.30. The molecule has 0 saturated heterocycles. The first-order valence-electron chi connectivity index (χ1n) is 7.28. The van der Waals surface area contributed by atoms with Crippen molar-refractivity contribution in [2.24, 2.45) is 0 Å². The molecule has 1 aromatic heterocycles. The second-order valence-corrected chi connectivity index (χ2v) is 5.53. The standard InChI is InChI=1S/C19H20N2/c1-13-8-9-16(10-14(13)2)19(20-3)17-11-15-6-4-5-7-18(15)21-12-17/h4-12,19-20H,1-3H3. The second kappa shape index (κ2) is 5.66. The number of hydrogen-bond acceptors (Lipinski definition) is 2. The van der Waals surface area contributed by atoms with Crippen molar-refractivity contribution in [1.82, 2.24) is 10.3 Å². The van der Waals surface area contributed by atoms with Gasteiger partial charge in [0, 0.05) is 11.6 Å². The third kappa shape index (κ3) is 2.67. The molecule has 0 saturated carbocycles. The highest BCUT2D eigenvalue weighted by Gasteiger charge is 2.13. The van der Waals surface area contributed by atoms with Gasteiger partial charge in [-0.2, -0.15) is 0 Å². The van der Waals surface area contributed by atoms with E-state index in [2.05, 4.69) is 60.5 Å².